The topological polar surface area (TPSA) is 497 Å². The third-order valence-electron chi connectivity index (χ3n) is 28.7. The molecule has 6 saturated carbocycles. The smallest absolute Gasteiger partial charge is 0.336 e. The summed E-state index contributed by atoms with van der Waals surface area (Å²) in [6.45, 7) is 27.3. The fraction of sp³-hybridized carbons (Fsp3) is 0.686. The molecule has 12 aromatic rings. The zero-order valence-electron chi connectivity index (χ0n) is 86.4. The zero-order valence-corrected chi connectivity index (χ0v) is 86.4. The van der Waals surface area contributed by atoms with Gasteiger partial charge in [-0.05, 0) is 264 Å². The molecule has 0 amide bonds. The van der Waals surface area contributed by atoms with E-state index in [1.54, 1.807) is 21.4 Å². The van der Waals surface area contributed by atoms with Crippen molar-refractivity contribution >= 4 is 80.7 Å². The molecule has 39 nitrogen and oxygen atoms in total. The first-order valence-corrected chi connectivity index (χ1v) is 53.2. The van der Waals surface area contributed by atoms with Gasteiger partial charge in [-0.2, -0.15) is 34.4 Å². The largest absolute Gasteiger partial charge is 0.459 e. The molecule has 12 aromatic heterocycles. The summed E-state index contributed by atoms with van der Waals surface area (Å²) in [4.78, 5) is 54.1. The van der Waals surface area contributed by atoms with E-state index in [0.717, 1.165) is 187 Å². The zero-order chi connectivity index (χ0) is 99.6. The Kier molecular flexibility index (Phi) is 38.3. The van der Waals surface area contributed by atoms with Crippen molar-refractivity contribution in [2.24, 2.45) is 35.5 Å². The van der Waals surface area contributed by atoms with Gasteiger partial charge in [-0.15, -0.1) is 30.6 Å². The SMILES string of the molecule is CCCC(C)Oc1nc(N)c2ncc(CC3CCC(NC)CC3)n2n1.CCCC(C)Oc1nc(N)c2ncc(CC3CCN(C)CC3)n2n1.CCC[C@H](C)Oc1nc(N)c2ncc(C=C3CCCCC3)n2n1.CCC[C@H](C)Oc1nc(N)c2ncc(CC3CCCCC3)n2n1.CCC[C@H](C)Oc1nc(N)c2ncc(CC3[C@H]4CCC[C@@H]34)n2n1.CCC[C@H](C)Oc1nc(N)c2ncc(NC3CCCCC3)n2n1. The van der Waals surface area contributed by atoms with Crippen LogP contribution in [-0.4, -0.2) is 198 Å². The van der Waals surface area contributed by atoms with Crippen LogP contribution in [0.1, 0.15) is 343 Å². The number of nitrogens with one attached hydrogen (secondary N) is 2. The number of nitrogens with two attached hydrogens (primary N) is 6. The first-order chi connectivity index (χ1) is 68.3. The third kappa shape index (κ3) is 28.9. The maximum Gasteiger partial charge on any atom is 0.336 e. The maximum absolute atomic E-state index is 6.07. The van der Waals surface area contributed by atoms with Gasteiger partial charge in [0.15, 0.2) is 68.8 Å². The summed E-state index contributed by atoms with van der Waals surface area (Å²) in [6.07, 6.45) is 60.5. The Labute approximate surface area is 830 Å². The Morgan fingerprint density at radius 3 is 1.01 bits per heavy atom. The molecular weight excluding hydrogens is 1780 g/mol. The monoisotopic (exact) mass is 1940 g/mol. The minimum Gasteiger partial charge on any atom is -0.459 e. The highest BCUT2D eigenvalue weighted by Crippen LogP contribution is 2.58. The van der Waals surface area contributed by atoms with E-state index in [9.17, 15) is 0 Å². The molecule has 0 aromatic carbocycles. The van der Waals surface area contributed by atoms with Gasteiger partial charge in [0.25, 0.3) is 0 Å². The van der Waals surface area contributed by atoms with Crippen LogP contribution in [-0.2, 0) is 25.7 Å². The number of anilines is 7. The van der Waals surface area contributed by atoms with Gasteiger partial charge < -0.3 is 78.4 Å². The average Bonchev–Trinajstić information content (AvgIpc) is 1.58. The van der Waals surface area contributed by atoms with Gasteiger partial charge in [-0.1, -0.05) is 150 Å². The van der Waals surface area contributed by atoms with E-state index in [4.69, 9.17) is 62.8 Å². The van der Waals surface area contributed by atoms with Crippen LogP contribution in [0.4, 0.5) is 40.7 Å². The Morgan fingerprint density at radius 2 is 0.638 bits per heavy atom. The molecule has 19 rings (SSSR count). The second-order valence-electron chi connectivity index (χ2n) is 40.6. The highest BCUT2D eigenvalue weighted by Gasteiger charge is 2.52. The number of allylic oxidation sites excluding steroid dienone is 1. The van der Waals surface area contributed by atoms with E-state index < -0.39 is 0 Å². The van der Waals surface area contributed by atoms with Crippen molar-refractivity contribution in [2.75, 3.05) is 66.9 Å². The molecular formula is C102H161N33O6. The van der Waals surface area contributed by atoms with Crippen molar-refractivity contribution in [3.05, 3.63) is 71.2 Å². The first kappa shape index (κ1) is 105. The minimum atomic E-state index is 0.0649. The standard InChI is InChI=1S/C18H30N6O.C17H28N6O.C17H25N5O.C17H27N5O.C17H25N5O.C16H26N6O/c1-4-5-12(2)25-18-22-16(19)17-21-11-15(24(17)23-18)10-13-6-8-14(20-3)9-7-13;1-4-5-12(2)24-17-20-15(18)16-19-11-14(23(16)21-17)10-13-6-8-22(3)9-7-13;1-3-5-10(2)23-17-20-15(18)16-19-9-11(22(16)21-17)8-14-12-6-4-7-13(12)14;2*1-3-7-12(2)23-17-20-15(18)16-19-11-14(22(16)21-17)10-13-8-5-4-6-9-13;1-3-7-11(2)23-16-20-14(17)15-18-10-13(22(15)21-16)19-12-8-5-4-6-9-12/h11-14,20H,4-10H2,1-3H3,(H2,19,22,23);11-13H,4-10H2,1-3H3,(H2,18,20,21);9-10,12-14H,3-8H2,1-2H3,(H2,18,20,21);11-13H,3-10H2,1-2H3,(H2,18,20,21);10-12H,3-9H2,1-2H3,(H2,18,20,21);10-12,19H,3-9H2,1-2H3,(H2,17,20,21)/t;;10-,12-,13+,14?;2*12-;11-/m..0000/s1. The number of hydrogen-bond donors (Lipinski definition) is 8. The van der Waals surface area contributed by atoms with E-state index in [1.165, 1.54) is 147 Å². The number of imidazole rings is 6. The van der Waals surface area contributed by atoms with Crippen molar-refractivity contribution < 1.29 is 28.4 Å². The number of aromatic nitrogens is 24. The Bertz CT molecular complexity index is 5650. The number of ether oxygens (including phenoxy) is 6. The molecule has 7 aliphatic rings. The van der Waals surface area contributed by atoms with Gasteiger partial charge >= 0.3 is 36.1 Å². The molecule has 1 aliphatic heterocycles. The van der Waals surface area contributed by atoms with Crippen LogP contribution in [0.2, 0.25) is 0 Å². The number of hydrogen-bond acceptors (Lipinski definition) is 33. The van der Waals surface area contributed by atoms with E-state index in [2.05, 4.69) is 168 Å². The minimum absolute atomic E-state index is 0.0649. The molecule has 0 bridgehead atoms. The van der Waals surface area contributed by atoms with Gasteiger partial charge in [0.1, 0.15) is 5.82 Å². The molecule has 6 aliphatic carbocycles. The highest BCUT2D eigenvalue weighted by molar-refractivity contribution is 5.66. The van der Waals surface area contributed by atoms with Gasteiger partial charge in [-0.3, -0.25) is 0 Å². The average molecular weight is 1950 g/mol. The van der Waals surface area contributed by atoms with Crippen LogP contribution < -0.4 is 73.5 Å². The second-order valence-corrected chi connectivity index (χ2v) is 40.6. The van der Waals surface area contributed by atoms with Crippen LogP contribution in [0.3, 0.4) is 0 Å². The number of likely N-dealkylation sites (tertiary alicyclic amines) is 1. The van der Waals surface area contributed by atoms with Crippen LogP contribution in [0.25, 0.3) is 40.0 Å². The number of nitrogen functional groups attached to an aromatic ring is 6. The summed E-state index contributed by atoms with van der Waals surface area (Å²) >= 11 is 0. The number of nitrogens with zero attached hydrogens (tertiary/aromatic N) is 25. The molecule has 14 N–H and O–H groups in total. The molecule has 0 radical (unpaired) electrons. The van der Waals surface area contributed by atoms with Gasteiger partial charge in [0.2, 0.25) is 0 Å². The summed E-state index contributed by atoms with van der Waals surface area (Å²) < 4.78 is 45.6. The lowest BCUT2D eigenvalue weighted by Gasteiger charge is -2.28. The van der Waals surface area contributed by atoms with Crippen LogP contribution >= 0.6 is 0 Å². The molecule has 9 atom stereocenters. The highest BCUT2D eigenvalue weighted by atomic mass is 16.5. The van der Waals surface area contributed by atoms with Gasteiger partial charge in [0.05, 0.1) is 102 Å². The Morgan fingerprint density at radius 1 is 0.333 bits per heavy atom. The molecule has 1 saturated heterocycles. The van der Waals surface area contributed by atoms with Gasteiger partial charge in [0, 0.05) is 12.1 Å². The summed E-state index contributed by atoms with van der Waals surface area (Å²) in [6, 6.07) is 3.13. The molecule has 141 heavy (non-hydrogen) atoms. The summed E-state index contributed by atoms with van der Waals surface area (Å²) in [7, 11) is 4.23. The van der Waals surface area contributed by atoms with E-state index in [-0.39, 0.29) is 36.6 Å². The van der Waals surface area contributed by atoms with E-state index >= 15 is 0 Å². The van der Waals surface area contributed by atoms with Crippen molar-refractivity contribution in [1.29, 1.82) is 0 Å². The number of fused-ring (bicyclic) bond motifs is 7. The van der Waals surface area contributed by atoms with Gasteiger partial charge in [-0.25, -0.2) is 52.5 Å². The van der Waals surface area contributed by atoms with Crippen molar-refractivity contribution in [3.8, 4) is 36.1 Å². The summed E-state index contributed by atoms with van der Waals surface area (Å²) in [5.74, 6) is 7.80. The lowest BCUT2D eigenvalue weighted by atomic mass is 9.83. The van der Waals surface area contributed by atoms with Crippen molar-refractivity contribution in [2.45, 2.75) is 389 Å². The fourth-order valence-electron chi connectivity index (χ4n) is 21.0. The third-order valence-corrected chi connectivity index (χ3v) is 28.7. The molecule has 0 spiro atoms. The molecule has 770 valence electrons. The van der Waals surface area contributed by atoms with Crippen LogP contribution in [0.5, 0.6) is 36.1 Å². The van der Waals surface area contributed by atoms with E-state index in [1.807, 2.05) is 84.4 Å². The molecule has 13 heterocycles. The van der Waals surface area contributed by atoms with E-state index in [0.29, 0.717) is 129 Å². The summed E-state index contributed by atoms with van der Waals surface area (Å²) in [5.41, 5.74) is 46.7. The molecule has 39 heteroatoms. The molecule has 3 unspecified atom stereocenters. The quantitative estimate of drug-likeness (QED) is 0.0181. The summed E-state index contributed by atoms with van der Waals surface area (Å²) in [5, 5.41) is 34.0. The second kappa shape index (κ2) is 51.4. The van der Waals surface area contributed by atoms with Crippen LogP contribution in [0, 0.1) is 35.5 Å². The Balaban J connectivity index is 0.000000135. The van der Waals surface area contributed by atoms with Crippen LogP contribution in [0.15, 0.2) is 42.8 Å². The Hall–Kier alpha value is -11.6. The maximum atomic E-state index is 6.07. The predicted octanol–water partition coefficient (Wildman–Crippen LogP) is 17.7. The molecule has 7 fully saturated rings. The van der Waals surface area contributed by atoms with Crippen molar-refractivity contribution in [1.82, 2.24) is 128 Å². The predicted molar refractivity (Wildman–Crippen MR) is 553 cm³/mol. The number of piperidine rings is 1. The lowest BCUT2D eigenvalue weighted by Crippen LogP contribution is -2.31. The normalized spacial score (nSPS) is 19.8. The number of rotatable bonds is 36. The fourth-order valence-corrected chi connectivity index (χ4v) is 21.0. The van der Waals surface area contributed by atoms with Crippen molar-refractivity contribution in [3.63, 3.8) is 0 Å². The lowest BCUT2D eigenvalue weighted by molar-refractivity contribution is 0.189. The first-order valence-electron chi connectivity index (χ1n) is 53.2.